The largest absolute Gasteiger partial charge is 0.383 e. The zero-order chi connectivity index (χ0) is 15.6. The number of nitrogens with one attached hydrogen (secondary N) is 2. The SMILES string of the molecule is COCCNCC(=O)NC(c1ccccc1)c1cccnc1. The number of benzene rings is 1. The minimum absolute atomic E-state index is 0.0613. The highest BCUT2D eigenvalue weighted by Gasteiger charge is 2.16. The summed E-state index contributed by atoms with van der Waals surface area (Å²) < 4.78 is 4.94. The number of methoxy groups -OCH3 is 1. The fraction of sp³-hybridized carbons (Fsp3) is 0.294. The molecular weight excluding hydrogens is 278 g/mol. The quantitative estimate of drug-likeness (QED) is 0.726. The van der Waals surface area contributed by atoms with E-state index in [0.29, 0.717) is 13.2 Å². The van der Waals surface area contributed by atoms with E-state index in [-0.39, 0.29) is 18.5 Å². The minimum atomic E-state index is -0.202. The second kappa shape index (κ2) is 8.92. The van der Waals surface area contributed by atoms with E-state index in [0.717, 1.165) is 11.1 Å². The Morgan fingerprint density at radius 2 is 1.95 bits per heavy atom. The number of nitrogens with zero attached hydrogens (tertiary/aromatic N) is 1. The van der Waals surface area contributed by atoms with Crippen molar-refractivity contribution in [3.8, 4) is 0 Å². The van der Waals surface area contributed by atoms with Crippen molar-refractivity contribution in [3.63, 3.8) is 0 Å². The molecule has 0 fully saturated rings. The number of rotatable bonds is 8. The van der Waals surface area contributed by atoms with Gasteiger partial charge in [0.1, 0.15) is 0 Å². The molecule has 0 aliphatic heterocycles. The molecule has 1 amide bonds. The molecule has 2 aromatic rings. The molecule has 0 saturated heterocycles. The van der Waals surface area contributed by atoms with Gasteiger partial charge in [-0.15, -0.1) is 0 Å². The van der Waals surface area contributed by atoms with E-state index in [4.69, 9.17) is 4.74 Å². The van der Waals surface area contributed by atoms with E-state index >= 15 is 0 Å². The number of hydrogen-bond donors (Lipinski definition) is 2. The topological polar surface area (TPSA) is 63.2 Å². The number of ether oxygens (including phenoxy) is 1. The lowest BCUT2D eigenvalue weighted by Crippen LogP contribution is -2.37. The van der Waals surface area contributed by atoms with Crippen LogP contribution in [-0.4, -0.2) is 37.7 Å². The molecule has 22 heavy (non-hydrogen) atoms. The zero-order valence-electron chi connectivity index (χ0n) is 12.7. The molecule has 0 aliphatic rings. The third-order valence-electron chi connectivity index (χ3n) is 3.22. The standard InChI is InChI=1S/C17H21N3O2/c1-22-11-10-19-13-16(21)20-17(14-6-3-2-4-7-14)15-8-5-9-18-12-15/h2-9,12,17,19H,10-11,13H2,1H3,(H,20,21). The van der Waals surface area contributed by atoms with Crippen LogP contribution in [-0.2, 0) is 9.53 Å². The van der Waals surface area contributed by atoms with Crippen molar-refractivity contribution in [1.82, 2.24) is 15.6 Å². The maximum Gasteiger partial charge on any atom is 0.234 e. The van der Waals surface area contributed by atoms with E-state index in [1.54, 1.807) is 19.5 Å². The van der Waals surface area contributed by atoms with Gasteiger partial charge in [0.2, 0.25) is 5.91 Å². The average Bonchev–Trinajstić information content (AvgIpc) is 2.58. The average molecular weight is 299 g/mol. The van der Waals surface area contributed by atoms with Gasteiger partial charge in [0.15, 0.2) is 0 Å². The van der Waals surface area contributed by atoms with Crippen molar-refractivity contribution < 1.29 is 9.53 Å². The normalized spacial score (nSPS) is 11.9. The van der Waals surface area contributed by atoms with Crippen LogP contribution in [0.1, 0.15) is 17.2 Å². The molecule has 0 aliphatic carbocycles. The van der Waals surface area contributed by atoms with E-state index in [1.165, 1.54) is 0 Å². The Balaban J connectivity index is 2.04. The summed E-state index contributed by atoms with van der Waals surface area (Å²) in [7, 11) is 1.63. The maximum atomic E-state index is 12.1. The summed E-state index contributed by atoms with van der Waals surface area (Å²) in [6.45, 7) is 1.48. The monoisotopic (exact) mass is 299 g/mol. The van der Waals surface area contributed by atoms with Crippen LogP contribution in [0.5, 0.6) is 0 Å². The van der Waals surface area contributed by atoms with Gasteiger partial charge >= 0.3 is 0 Å². The van der Waals surface area contributed by atoms with Crippen molar-refractivity contribution >= 4 is 5.91 Å². The first-order valence-electron chi connectivity index (χ1n) is 7.25. The van der Waals surface area contributed by atoms with Gasteiger partial charge in [0.05, 0.1) is 19.2 Å². The van der Waals surface area contributed by atoms with Crippen LogP contribution in [0.4, 0.5) is 0 Å². The molecule has 5 nitrogen and oxygen atoms in total. The third-order valence-corrected chi connectivity index (χ3v) is 3.22. The van der Waals surface area contributed by atoms with E-state index < -0.39 is 0 Å². The Morgan fingerprint density at radius 1 is 1.18 bits per heavy atom. The van der Waals surface area contributed by atoms with Crippen molar-refractivity contribution in [2.75, 3.05) is 26.8 Å². The van der Waals surface area contributed by atoms with Crippen LogP contribution in [0.2, 0.25) is 0 Å². The lowest BCUT2D eigenvalue weighted by Gasteiger charge is -2.19. The maximum absolute atomic E-state index is 12.1. The zero-order valence-corrected chi connectivity index (χ0v) is 12.7. The first-order valence-corrected chi connectivity index (χ1v) is 7.25. The number of pyridine rings is 1. The van der Waals surface area contributed by atoms with Crippen molar-refractivity contribution in [3.05, 3.63) is 66.0 Å². The van der Waals surface area contributed by atoms with Gasteiger partial charge in [-0.2, -0.15) is 0 Å². The molecule has 1 heterocycles. The van der Waals surface area contributed by atoms with Gasteiger partial charge in [-0.1, -0.05) is 36.4 Å². The summed E-state index contributed by atoms with van der Waals surface area (Å²) in [5.74, 6) is -0.0613. The predicted molar refractivity (Wildman–Crippen MR) is 85.4 cm³/mol. The van der Waals surface area contributed by atoms with Crippen LogP contribution < -0.4 is 10.6 Å². The summed E-state index contributed by atoms with van der Waals surface area (Å²) in [5, 5.41) is 6.09. The summed E-state index contributed by atoms with van der Waals surface area (Å²) in [4.78, 5) is 16.3. The summed E-state index contributed by atoms with van der Waals surface area (Å²) >= 11 is 0. The fourth-order valence-corrected chi connectivity index (χ4v) is 2.14. The van der Waals surface area contributed by atoms with Crippen LogP contribution >= 0.6 is 0 Å². The van der Waals surface area contributed by atoms with E-state index in [9.17, 15) is 4.79 Å². The Bertz CT molecular complexity index is 521. The Labute approximate surface area is 130 Å². The lowest BCUT2D eigenvalue weighted by molar-refractivity contribution is -0.120. The van der Waals surface area contributed by atoms with Crippen LogP contribution in [0.15, 0.2) is 54.9 Å². The second-order valence-corrected chi connectivity index (χ2v) is 4.87. The number of carbonyl (C=O) groups excluding carboxylic acids is 1. The molecule has 1 aromatic carbocycles. The highest BCUT2D eigenvalue weighted by atomic mass is 16.5. The second-order valence-electron chi connectivity index (χ2n) is 4.87. The van der Waals surface area contributed by atoms with Crippen molar-refractivity contribution in [2.24, 2.45) is 0 Å². The van der Waals surface area contributed by atoms with Gasteiger partial charge in [0, 0.05) is 26.0 Å². The summed E-state index contributed by atoms with van der Waals surface area (Å²) in [5.41, 5.74) is 1.99. The predicted octanol–water partition coefficient (Wildman–Crippen LogP) is 1.52. The number of amides is 1. The molecule has 116 valence electrons. The molecule has 1 unspecified atom stereocenters. The third kappa shape index (κ3) is 4.95. The Morgan fingerprint density at radius 3 is 2.64 bits per heavy atom. The molecule has 0 bridgehead atoms. The molecule has 0 spiro atoms. The molecule has 0 saturated carbocycles. The van der Waals surface area contributed by atoms with Gasteiger partial charge in [0.25, 0.3) is 0 Å². The molecular formula is C17H21N3O2. The van der Waals surface area contributed by atoms with Crippen molar-refractivity contribution in [1.29, 1.82) is 0 Å². The number of carbonyl (C=O) groups is 1. The highest BCUT2D eigenvalue weighted by molar-refractivity contribution is 5.79. The smallest absolute Gasteiger partial charge is 0.234 e. The molecule has 2 N–H and O–H groups in total. The van der Waals surface area contributed by atoms with Gasteiger partial charge in [-0.05, 0) is 17.2 Å². The molecule has 5 heteroatoms. The Kier molecular flexibility index (Phi) is 6.54. The highest BCUT2D eigenvalue weighted by Crippen LogP contribution is 2.20. The van der Waals surface area contributed by atoms with E-state index in [1.807, 2.05) is 42.5 Å². The van der Waals surface area contributed by atoms with Crippen LogP contribution in [0.25, 0.3) is 0 Å². The minimum Gasteiger partial charge on any atom is -0.383 e. The van der Waals surface area contributed by atoms with E-state index in [2.05, 4.69) is 15.6 Å². The van der Waals surface area contributed by atoms with Crippen LogP contribution in [0, 0.1) is 0 Å². The summed E-state index contributed by atoms with van der Waals surface area (Å²) in [6.07, 6.45) is 3.50. The van der Waals surface area contributed by atoms with Gasteiger partial charge < -0.3 is 15.4 Å². The first-order chi connectivity index (χ1) is 10.8. The van der Waals surface area contributed by atoms with Crippen LogP contribution in [0.3, 0.4) is 0 Å². The lowest BCUT2D eigenvalue weighted by atomic mass is 10.0. The van der Waals surface area contributed by atoms with Gasteiger partial charge in [-0.3, -0.25) is 9.78 Å². The van der Waals surface area contributed by atoms with Crippen molar-refractivity contribution in [2.45, 2.75) is 6.04 Å². The molecule has 1 aromatic heterocycles. The molecule has 0 radical (unpaired) electrons. The fourth-order valence-electron chi connectivity index (χ4n) is 2.14. The number of hydrogen-bond acceptors (Lipinski definition) is 4. The van der Waals surface area contributed by atoms with Gasteiger partial charge in [-0.25, -0.2) is 0 Å². The summed E-state index contributed by atoms with van der Waals surface area (Å²) in [6, 6.07) is 13.5. The first kappa shape index (κ1) is 16.1. The number of aromatic nitrogens is 1. The molecule has 2 rings (SSSR count). The molecule has 1 atom stereocenters. The Hall–Kier alpha value is -2.24.